The van der Waals surface area contributed by atoms with E-state index in [1.54, 1.807) is 4.57 Å². The summed E-state index contributed by atoms with van der Waals surface area (Å²) in [6, 6.07) is 0.614. The van der Waals surface area contributed by atoms with Gasteiger partial charge in [0.2, 0.25) is 0 Å². The first-order chi connectivity index (χ1) is 7.72. The number of carbonyl (C=O) groups excluding carboxylic acids is 1. The monoisotopic (exact) mass is 222 g/mol. The number of aryl methyl sites for hydroxylation is 1. The van der Waals surface area contributed by atoms with Crippen molar-refractivity contribution in [3.8, 4) is 0 Å². The molecule has 4 nitrogen and oxygen atoms in total. The van der Waals surface area contributed by atoms with Crippen LogP contribution in [0.3, 0.4) is 0 Å². The molecule has 16 heavy (non-hydrogen) atoms. The fourth-order valence-corrected chi connectivity index (χ4v) is 1.86. The van der Waals surface area contributed by atoms with Gasteiger partial charge in [-0.05, 0) is 19.3 Å². The lowest BCUT2D eigenvalue weighted by Crippen LogP contribution is -2.37. The molecule has 1 aromatic rings. The molecule has 0 unspecified atom stereocenters. The van der Waals surface area contributed by atoms with Gasteiger partial charge in [0.1, 0.15) is 12.4 Å². The summed E-state index contributed by atoms with van der Waals surface area (Å²) in [7, 11) is 1.93. The fourth-order valence-electron chi connectivity index (χ4n) is 1.86. The van der Waals surface area contributed by atoms with Gasteiger partial charge < -0.3 is 4.90 Å². The molecule has 0 aliphatic heterocycles. The van der Waals surface area contributed by atoms with Crippen LogP contribution in [0.1, 0.15) is 32.6 Å². The predicted octanol–water partition coefficient (Wildman–Crippen LogP) is 1.55. The summed E-state index contributed by atoms with van der Waals surface area (Å²) < 4.78 is 3.57. The SMILES string of the molecule is CCCCN(C(=O)n1cc[n+](C)c1)C1CC1. The first-order valence-electron chi connectivity index (χ1n) is 6.06. The van der Waals surface area contributed by atoms with E-state index in [9.17, 15) is 4.79 Å². The maximum atomic E-state index is 12.2. The molecule has 1 aliphatic rings. The van der Waals surface area contributed by atoms with Crippen molar-refractivity contribution in [3.05, 3.63) is 18.7 Å². The summed E-state index contributed by atoms with van der Waals surface area (Å²) in [6.45, 7) is 3.05. The second-order valence-electron chi connectivity index (χ2n) is 4.55. The minimum Gasteiger partial charge on any atom is -0.301 e. The standard InChI is InChI=1S/C12H20N3O/c1-3-4-7-15(11-5-6-11)12(16)14-9-8-13(2)10-14/h8-11H,3-7H2,1-2H3/q+1. The van der Waals surface area contributed by atoms with E-state index in [-0.39, 0.29) is 6.03 Å². The lowest BCUT2D eigenvalue weighted by atomic mass is 10.3. The highest BCUT2D eigenvalue weighted by Crippen LogP contribution is 2.27. The highest BCUT2D eigenvalue weighted by Gasteiger charge is 2.34. The van der Waals surface area contributed by atoms with Crippen molar-refractivity contribution in [2.45, 2.75) is 38.6 Å². The van der Waals surface area contributed by atoms with E-state index >= 15 is 0 Å². The first kappa shape index (κ1) is 11.2. The topological polar surface area (TPSA) is 29.1 Å². The van der Waals surface area contributed by atoms with E-state index in [1.807, 2.05) is 35.2 Å². The molecule has 1 aliphatic carbocycles. The van der Waals surface area contributed by atoms with Gasteiger partial charge in [0.25, 0.3) is 6.33 Å². The van der Waals surface area contributed by atoms with Crippen LogP contribution in [0.4, 0.5) is 4.79 Å². The van der Waals surface area contributed by atoms with Gasteiger partial charge in [0.05, 0.1) is 7.05 Å². The Kier molecular flexibility index (Phi) is 3.27. The van der Waals surface area contributed by atoms with Crippen LogP contribution in [-0.2, 0) is 7.05 Å². The van der Waals surface area contributed by atoms with E-state index in [0.29, 0.717) is 6.04 Å². The molecule has 1 saturated carbocycles. The van der Waals surface area contributed by atoms with Crippen molar-refractivity contribution < 1.29 is 9.36 Å². The van der Waals surface area contributed by atoms with Gasteiger partial charge in [-0.25, -0.2) is 9.36 Å². The number of carbonyl (C=O) groups is 1. The van der Waals surface area contributed by atoms with E-state index < -0.39 is 0 Å². The molecule has 88 valence electrons. The number of hydrogen-bond acceptors (Lipinski definition) is 1. The molecule has 1 heterocycles. The molecule has 0 bridgehead atoms. The highest BCUT2D eigenvalue weighted by atomic mass is 16.2. The van der Waals surface area contributed by atoms with Crippen LogP contribution < -0.4 is 4.57 Å². The van der Waals surface area contributed by atoms with Crippen LogP contribution in [0.15, 0.2) is 18.7 Å². The smallest absolute Gasteiger partial charge is 0.301 e. The maximum absolute atomic E-state index is 12.2. The average molecular weight is 222 g/mol. The summed E-state index contributed by atoms with van der Waals surface area (Å²) in [5.74, 6) is 0. The average Bonchev–Trinajstić information content (AvgIpc) is 3.01. The van der Waals surface area contributed by atoms with Crippen LogP contribution in [-0.4, -0.2) is 28.1 Å². The number of imidazole rings is 1. The van der Waals surface area contributed by atoms with E-state index in [1.165, 1.54) is 12.8 Å². The van der Waals surface area contributed by atoms with Gasteiger partial charge in [-0.1, -0.05) is 13.3 Å². The molecule has 0 saturated heterocycles. The summed E-state index contributed by atoms with van der Waals surface area (Å²) in [5.41, 5.74) is 0. The first-order valence-corrected chi connectivity index (χ1v) is 6.06. The van der Waals surface area contributed by atoms with Crippen molar-refractivity contribution in [2.24, 2.45) is 7.05 Å². The molecule has 0 radical (unpaired) electrons. The van der Waals surface area contributed by atoms with Crippen molar-refractivity contribution >= 4 is 6.03 Å². The third-order valence-corrected chi connectivity index (χ3v) is 2.98. The quantitative estimate of drug-likeness (QED) is 0.711. The van der Waals surface area contributed by atoms with Crippen molar-refractivity contribution in [2.75, 3.05) is 6.54 Å². The number of nitrogens with zero attached hydrogens (tertiary/aromatic N) is 3. The lowest BCUT2D eigenvalue weighted by molar-refractivity contribution is -0.670. The Morgan fingerprint density at radius 1 is 1.56 bits per heavy atom. The van der Waals surface area contributed by atoms with Gasteiger partial charge >= 0.3 is 6.03 Å². The molecular formula is C12H20N3O+. The zero-order valence-corrected chi connectivity index (χ0v) is 10.1. The zero-order chi connectivity index (χ0) is 11.5. The minimum absolute atomic E-state index is 0.122. The van der Waals surface area contributed by atoms with Crippen LogP contribution in [0.25, 0.3) is 0 Å². The molecule has 1 fully saturated rings. The number of unbranched alkanes of at least 4 members (excludes halogenated alkanes) is 1. The Balaban J connectivity index is 2.04. The summed E-state index contributed by atoms with van der Waals surface area (Å²) in [6.07, 6.45) is 10.1. The van der Waals surface area contributed by atoms with E-state index in [0.717, 1.165) is 19.4 Å². The van der Waals surface area contributed by atoms with Crippen LogP contribution >= 0.6 is 0 Å². The van der Waals surface area contributed by atoms with Gasteiger partial charge in [0.15, 0.2) is 0 Å². The summed E-state index contributed by atoms with van der Waals surface area (Å²) >= 11 is 0. The molecule has 0 aromatic carbocycles. The normalized spacial score (nSPS) is 15.1. The highest BCUT2D eigenvalue weighted by molar-refractivity contribution is 5.77. The lowest BCUT2D eigenvalue weighted by Gasteiger charge is -2.18. The maximum Gasteiger partial charge on any atom is 0.416 e. The molecular weight excluding hydrogens is 202 g/mol. The zero-order valence-electron chi connectivity index (χ0n) is 10.1. The number of amides is 1. The third-order valence-electron chi connectivity index (χ3n) is 2.98. The van der Waals surface area contributed by atoms with Crippen LogP contribution in [0, 0.1) is 0 Å². The van der Waals surface area contributed by atoms with E-state index in [4.69, 9.17) is 0 Å². The van der Waals surface area contributed by atoms with Gasteiger partial charge in [-0.3, -0.25) is 0 Å². The second kappa shape index (κ2) is 4.68. The van der Waals surface area contributed by atoms with Gasteiger partial charge in [-0.15, -0.1) is 0 Å². The number of rotatable bonds is 4. The fraction of sp³-hybridized carbons (Fsp3) is 0.667. The van der Waals surface area contributed by atoms with Crippen LogP contribution in [0.2, 0.25) is 0 Å². The Labute approximate surface area is 96.5 Å². The molecule has 0 N–H and O–H groups in total. The Morgan fingerprint density at radius 3 is 2.81 bits per heavy atom. The van der Waals surface area contributed by atoms with Crippen molar-refractivity contribution in [3.63, 3.8) is 0 Å². The second-order valence-corrected chi connectivity index (χ2v) is 4.55. The van der Waals surface area contributed by atoms with Crippen molar-refractivity contribution in [1.82, 2.24) is 9.47 Å². The van der Waals surface area contributed by atoms with Crippen LogP contribution in [0.5, 0.6) is 0 Å². The number of aromatic nitrogens is 2. The summed E-state index contributed by atoms with van der Waals surface area (Å²) in [5, 5.41) is 0. The van der Waals surface area contributed by atoms with Crippen molar-refractivity contribution in [1.29, 1.82) is 0 Å². The Morgan fingerprint density at radius 2 is 2.31 bits per heavy atom. The number of hydrogen-bond donors (Lipinski definition) is 0. The molecule has 1 amide bonds. The van der Waals surface area contributed by atoms with Gasteiger partial charge in [-0.2, -0.15) is 4.57 Å². The van der Waals surface area contributed by atoms with Gasteiger partial charge in [0, 0.05) is 12.6 Å². The largest absolute Gasteiger partial charge is 0.416 e. The predicted molar refractivity (Wildman–Crippen MR) is 61.0 cm³/mol. The van der Waals surface area contributed by atoms with E-state index in [2.05, 4.69) is 6.92 Å². The molecule has 0 atom stereocenters. The minimum atomic E-state index is 0.122. The Hall–Kier alpha value is -1.32. The third kappa shape index (κ3) is 2.43. The molecule has 1 aromatic heterocycles. The molecule has 0 spiro atoms. The summed E-state index contributed by atoms with van der Waals surface area (Å²) in [4.78, 5) is 14.2. The Bertz CT molecular complexity index is 368. The molecule has 4 heteroatoms. The molecule has 2 rings (SSSR count).